The summed E-state index contributed by atoms with van der Waals surface area (Å²) in [5, 5.41) is 2.28. The van der Waals surface area contributed by atoms with Crippen LogP contribution >= 0.6 is 11.8 Å². The Bertz CT molecular complexity index is 1020. The van der Waals surface area contributed by atoms with Gasteiger partial charge in [-0.1, -0.05) is 19.1 Å². The van der Waals surface area contributed by atoms with Gasteiger partial charge in [0.1, 0.15) is 17.5 Å². The van der Waals surface area contributed by atoms with Crippen LogP contribution in [0.1, 0.15) is 32.8 Å². The van der Waals surface area contributed by atoms with Crippen molar-refractivity contribution in [3.63, 3.8) is 0 Å². The van der Waals surface area contributed by atoms with Crippen molar-refractivity contribution in [2.75, 3.05) is 13.6 Å². The molecule has 34 heavy (non-hydrogen) atoms. The predicted molar refractivity (Wildman–Crippen MR) is 120 cm³/mol. The molecule has 3 heterocycles. The summed E-state index contributed by atoms with van der Waals surface area (Å²) in [6.45, 7) is 4.85. The Hall–Kier alpha value is -2.99. The predicted octanol–water partition coefficient (Wildman–Crippen LogP) is 0.286. The highest BCUT2D eigenvalue weighted by Crippen LogP contribution is 2.51. The Morgan fingerprint density at radius 3 is 2.79 bits per heavy atom. The molecule has 12 heteroatoms. The molecule has 4 rings (SSSR count). The number of hydrogen-bond donors (Lipinski definition) is 2. The summed E-state index contributed by atoms with van der Waals surface area (Å²) in [5.74, 6) is -0.875. The van der Waals surface area contributed by atoms with Crippen molar-refractivity contribution in [1.82, 2.24) is 10.2 Å². The molecule has 184 valence electrons. The highest BCUT2D eigenvalue weighted by molar-refractivity contribution is 8.01. The summed E-state index contributed by atoms with van der Waals surface area (Å²) >= 11 is 1.39. The number of esters is 2. The van der Waals surface area contributed by atoms with E-state index < -0.39 is 58.8 Å². The van der Waals surface area contributed by atoms with Crippen LogP contribution < -0.4 is 20.5 Å². The number of thioether (sulfide) groups is 1. The first-order valence-electron chi connectivity index (χ1n) is 10.9. The molecule has 1 aromatic rings. The molecule has 4 atom stereocenters. The van der Waals surface area contributed by atoms with Crippen molar-refractivity contribution >= 4 is 35.5 Å². The maximum atomic E-state index is 12.9. The van der Waals surface area contributed by atoms with Gasteiger partial charge in [0.05, 0.1) is 6.04 Å². The number of fused-ring (bicyclic) bond motifs is 2. The third-order valence-corrected chi connectivity index (χ3v) is 7.50. The van der Waals surface area contributed by atoms with Crippen LogP contribution in [0.25, 0.3) is 0 Å². The molecule has 0 radical (unpaired) electrons. The van der Waals surface area contributed by atoms with E-state index in [1.807, 2.05) is 13.8 Å². The summed E-state index contributed by atoms with van der Waals surface area (Å²) in [4.78, 5) is 50.9. The zero-order valence-electron chi connectivity index (χ0n) is 19.1. The van der Waals surface area contributed by atoms with Gasteiger partial charge in [-0.05, 0) is 19.9 Å². The monoisotopic (exact) mass is 493 g/mol. The van der Waals surface area contributed by atoms with Gasteiger partial charge in [0.25, 0.3) is 0 Å². The molecule has 2 saturated heterocycles. The lowest BCUT2D eigenvalue weighted by Crippen LogP contribution is -2.71. The van der Waals surface area contributed by atoms with Gasteiger partial charge < -0.3 is 34.9 Å². The standard InChI is InChI=1S/C22H27N3O8S/c1-4-14(26)31-10-33-21(29)17-22(2,3)34-20-15(19(28)25(17)20)24-18(27)12(23)8-11-6-5-7-13-16(11)32-9-30-13/h5-7,12,15,17,20H,4,8-10,23H2,1-3H3,(H,24,27)/t12?,15-,17+,20-/m1/s1. The van der Waals surface area contributed by atoms with Crippen LogP contribution in [0.5, 0.6) is 11.5 Å². The normalized spacial score (nSPS) is 24.6. The van der Waals surface area contributed by atoms with Crippen LogP contribution in [0.4, 0.5) is 0 Å². The van der Waals surface area contributed by atoms with E-state index in [0.29, 0.717) is 11.5 Å². The number of hydrogen-bond acceptors (Lipinski definition) is 10. The van der Waals surface area contributed by atoms with Gasteiger partial charge in [0, 0.05) is 23.2 Å². The quantitative estimate of drug-likeness (QED) is 0.294. The zero-order chi connectivity index (χ0) is 24.6. The summed E-state index contributed by atoms with van der Waals surface area (Å²) in [5.41, 5.74) is 6.86. The topological polar surface area (TPSA) is 146 Å². The second kappa shape index (κ2) is 9.34. The molecule has 2 amide bonds. The number of ether oxygens (including phenoxy) is 4. The summed E-state index contributed by atoms with van der Waals surface area (Å²) in [6.07, 6.45) is 0.365. The van der Waals surface area contributed by atoms with Gasteiger partial charge in [-0.15, -0.1) is 11.8 Å². The minimum absolute atomic E-state index is 0.111. The highest BCUT2D eigenvalue weighted by Gasteiger charge is 2.64. The molecule has 11 nitrogen and oxygen atoms in total. The lowest BCUT2D eigenvalue weighted by Gasteiger charge is -2.44. The number of nitrogens with zero attached hydrogens (tertiary/aromatic N) is 1. The molecule has 0 aromatic heterocycles. The van der Waals surface area contributed by atoms with Gasteiger partial charge in [-0.25, -0.2) is 4.79 Å². The van der Waals surface area contributed by atoms with Crippen LogP contribution in [0, 0.1) is 0 Å². The van der Waals surface area contributed by atoms with E-state index >= 15 is 0 Å². The number of amides is 2. The maximum Gasteiger partial charge on any atom is 0.333 e. The average Bonchev–Trinajstić information content (AvgIpc) is 3.38. The minimum atomic E-state index is -0.911. The van der Waals surface area contributed by atoms with Crippen molar-refractivity contribution in [2.24, 2.45) is 5.73 Å². The van der Waals surface area contributed by atoms with E-state index in [-0.39, 0.29) is 19.6 Å². The zero-order valence-corrected chi connectivity index (χ0v) is 19.9. The number of para-hydroxylation sites is 1. The lowest BCUT2D eigenvalue weighted by atomic mass is 9.95. The Kier molecular flexibility index (Phi) is 6.63. The van der Waals surface area contributed by atoms with Crippen molar-refractivity contribution in [2.45, 2.75) is 61.9 Å². The first-order chi connectivity index (χ1) is 16.1. The molecule has 0 saturated carbocycles. The number of nitrogens with two attached hydrogens (primary N) is 1. The number of benzene rings is 1. The molecule has 0 spiro atoms. The Morgan fingerprint density at radius 1 is 1.29 bits per heavy atom. The van der Waals surface area contributed by atoms with Crippen LogP contribution in [0.3, 0.4) is 0 Å². The molecule has 3 aliphatic heterocycles. The minimum Gasteiger partial charge on any atom is -0.454 e. The van der Waals surface area contributed by atoms with E-state index in [1.54, 1.807) is 25.1 Å². The maximum absolute atomic E-state index is 12.9. The van der Waals surface area contributed by atoms with Crippen LogP contribution in [-0.4, -0.2) is 70.5 Å². The smallest absolute Gasteiger partial charge is 0.333 e. The van der Waals surface area contributed by atoms with E-state index in [9.17, 15) is 19.2 Å². The molecule has 3 aliphatic rings. The van der Waals surface area contributed by atoms with Crippen molar-refractivity contribution in [1.29, 1.82) is 0 Å². The number of β-lactam (4-membered cyclic amide) rings is 1. The van der Waals surface area contributed by atoms with E-state index in [4.69, 9.17) is 24.7 Å². The van der Waals surface area contributed by atoms with Crippen molar-refractivity contribution in [3.8, 4) is 11.5 Å². The molecule has 0 bridgehead atoms. The second-order valence-corrected chi connectivity index (χ2v) is 10.4. The fraction of sp³-hybridized carbons (Fsp3) is 0.545. The summed E-state index contributed by atoms with van der Waals surface area (Å²) in [6, 6.07) is 2.78. The third kappa shape index (κ3) is 4.39. The highest BCUT2D eigenvalue weighted by atomic mass is 32.2. The van der Waals surface area contributed by atoms with Crippen LogP contribution in [0.15, 0.2) is 18.2 Å². The van der Waals surface area contributed by atoms with Gasteiger partial charge in [-0.3, -0.25) is 14.4 Å². The van der Waals surface area contributed by atoms with Crippen LogP contribution in [0.2, 0.25) is 0 Å². The Balaban J connectivity index is 1.36. The Labute approximate surface area is 200 Å². The van der Waals surface area contributed by atoms with E-state index in [1.165, 1.54) is 16.7 Å². The lowest BCUT2D eigenvalue weighted by molar-refractivity contribution is -0.176. The Morgan fingerprint density at radius 2 is 2.06 bits per heavy atom. The molecule has 1 unspecified atom stereocenters. The van der Waals surface area contributed by atoms with Gasteiger partial charge >= 0.3 is 11.9 Å². The largest absolute Gasteiger partial charge is 0.454 e. The summed E-state index contributed by atoms with van der Waals surface area (Å²) in [7, 11) is 0. The molecule has 0 aliphatic carbocycles. The fourth-order valence-corrected chi connectivity index (χ4v) is 5.82. The van der Waals surface area contributed by atoms with E-state index in [2.05, 4.69) is 5.32 Å². The number of rotatable bonds is 8. The number of carbonyl (C=O) groups is 4. The van der Waals surface area contributed by atoms with E-state index in [0.717, 1.165) is 5.56 Å². The summed E-state index contributed by atoms with van der Waals surface area (Å²) < 4.78 is 20.0. The SMILES string of the molecule is CCC(=O)OCOC(=O)[C@@H]1N2C(=O)[C@@H](NC(=O)C(N)Cc3cccc4c3OCO4)[C@H]2SC1(C)C. The van der Waals surface area contributed by atoms with Crippen molar-refractivity contribution in [3.05, 3.63) is 23.8 Å². The molecular weight excluding hydrogens is 466 g/mol. The first-order valence-corrected chi connectivity index (χ1v) is 11.8. The van der Waals surface area contributed by atoms with Gasteiger partial charge in [0.2, 0.25) is 25.4 Å². The second-order valence-electron chi connectivity index (χ2n) is 8.66. The molecule has 2 fully saturated rings. The van der Waals surface area contributed by atoms with Gasteiger partial charge in [0.15, 0.2) is 11.5 Å². The van der Waals surface area contributed by atoms with Crippen LogP contribution in [-0.2, 0) is 35.1 Å². The third-order valence-electron chi connectivity index (χ3n) is 5.93. The molecule has 3 N–H and O–H groups in total. The van der Waals surface area contributed by atoms with Crippen molar-refractivity contribution < 1.29 is 38.1 Å². The molecule has 1 aromatic carbocycles. The first kappa shape index (κ1) is 24.1. The average molecular weight is 494 g/mol. The fourth-order valence-electron chi connectivity index (χ4n) is 4.20. The van der Waals surface area contributed by atoms with Gasteiger partial charge in [-0.2, -0.15) is 0 Å². The number of carbonyl (C=O) groups excluding carboxylic acids is 4. The molecular formula is C22H27N3O8S. The number of nitrogens with one attached hydrogen (secondary N) is 1.